The van der Waals surface area contributed by atoms with Gasteiger partial charge in [0.05, 0.1) is 25.4 Å². The second kappa shape index (κ2) is 9.02. The maximum absolute atomic E-state index is 11.9. The zero-order chi connectivity index (χ0) is 21.1. The van der Waals surface area contributed by atoms with Crippen LogP contribution >= 0.6 is 0 Å². The van der Waals surface area contributed by atoms with E-state index in [9.17, 15) is 30.0 Å². The van der Waals surface area contributed by atoms with E-state index in [1.54, 1.807) is 0 Å². The first-order valence-electron chi connectivity index (χ1n) is 8.79. The van der Waals surface area contributed by atoms with Crippen LogP contribution in [-0.2, 0) is 14.2 Å². The van der Waals surface area contributed by atoms with Crippen molar-refractivity contribution >= 4 is 0 Å². The summed E-state index contributed by atoms with van der Waals surface area (Å²) in [4.78, 5) is 28.0. The molecule has 1 aromatic heterocycles. The first-order chi connectivity index (χ1) is 13.8. The number of nitrogens with zero attached hydrogens (tertiary/aromatic N) is 4. The van der Waals surface area contributed by atoms with Gasteiger partial charge in [-0.15, -0.1) is 0 Å². The van der Waals surface area contributed by atoms with Gasteiger partial charge in [0.2, 0.25) is 0 Å². The summed E-state index contributed by atoms with van der Waals surface area (Å²) in [6, 6.07) is 0.416. The molecule has 0 amide bonds. The van der Waals surface area contributed by atoms with Crippen LogP contribution in [0.3, 0.4) is 0 Å². The van der Waals surface area contributed by atoms with Crippen molar-refractivity contribution in [3.63, 3.8) is 0 Å². The van der Waals surface area contributed by atoms with Gasteiger partial charge in [0, 0.05) is 23.6 Å². The number of rotatable bonds is 6. The van der Waals surface area contributed by atoms with Gasteiger partial charge < -0.3 is 34.6 Å². The van der Waals surface area contributed by atoms with Crippen LogP contribution in [0.25, 0.3) is 10.4 Å². The van der Waals surface area contributed by atoms with Gasteiger partial charge in [-0.05, 0) is 5.53 Å². The average molecular weight is 415 g/mol. The second-order valence-electron chi connectivity index (χ2n) is 6.69. The van der Waals surface area contributed by atoms with Gasteiger partial charge in [-0.2, -0.15) is 0 Å². The highest BCUT2D eigenvalue weighted by Gasteiger charge is 2.45. The lowest BCUT2D eigenvalue weighted by Crippen LogP contribution is -2.59. The summed E-state index contributed by atoms with van der Waals surface area (Å²) in [7, 11) is 0. The van der Waals surface area contributed by atoms with Gasteiger partial charge in [-0.3, -0.25) is 14.3 Å². The van der Waals surface area contributed by atoms with E-state index in [0.717, 1.165) is 10.6 Å². The summed E-state index contributed by atoms with van der Waals surface area (Å²) >= 11 is 0. The van der Waals surface area contributed by atoms with Crippen LogP contribution in [0.1, 0.15) is 12.6 Å². The molecule has 0 radical (unpaired) electrons. The van der Waals surface area contributed by atoms with Crippen molar-refractivity contribution < 1.29 is 34.6 Å². The molecule has 3 rings (SSSR count). The maximum Gasteiger partial charge on any atom is 0.330 e. The predicted molar refractivity (Wildman–Crippen MR) is 92.5 cm³/mol. The lowest BCUT2D eigenvalue weighted by atomic mass is 9.99. The molecule has 160 valence electrons. The Labute approximate surface area is 162 Å². The Morgan fingerprint density at radius 2 is 2.00 bits per heavy atom. The van der Waals surface area contributed by atoms with Crippen LogP contribution in [0, 0.1) is 0 Å². The Morgan fingerprint density at radius 1 is 1.24 bits per heavy atom. The quantitative estimate of drug-likeness (QED) is 0.186. The fourth-order valence-electron chi connectivity index (χ4n) is 3.27. The minimum absolute atomic E-state index is 0.124. The van der Waals surface area contributed by atoms with Crippen molar-refractivity contribution in [1.82, 2.24) is 9.55 Å². The fourth-order valence-corrected chi connectivity index (χ4v) is 3.27. The van der Waals surface area contributed by atoms with Crippen molar-refractivity contribution in [1.29, 1.82) is 0 Å². The van der Waals surface area contributed by atoms with Crippen LogP contribution in [0.15, 0.2) is 27.0 Å². The van der Waals surface area contributed by atoms with E-state index < -0.39 is 66.9 Å². The highest BCUT2D eigenvalue weighted by Crippen LogP contribution is 2.31. The number of ether oxygens (including phenoxy) is 3. The minimum atomic E-state index is -1.60. The number of hydrogen-bond acceptors (Lipinski definition) is 10. The molecular formula is C15H21N5O9. The van der Waals surface area contributed by atoms with Crippen molar-refractivity contribution in [3.05, 3.63) is 43.5 Å². The summed E-state index contributed by atoms with van der Waals surface area (Å²) in [5.74, 6) is 0. The van der Waals surface area contributed by atoms with E-state index >= 15 is 0 Å². The predicted octanol–water partition coefficient (Wildman–Crippen LogP) is -2.68. The van der Waals surface area contributed by atoms with Crippen LogP contribution < -0.4 is 11.2 Å². The third-order valence-corrected chi connectivity index (χ3v) is 4.84. The molecule has 4 unspecified atom stereocenters. The molecule has 14 heteroatoms. The lowest BCUT2D eigenvalue weighted by molar-refractivity contribution is -0.305. The van der Waals surface area contributed by atoms with E-state index in [1.807, 2.05) is 0 Å². The SMILES string of the molecule is [N-]=[N+]=N[C@H]1C[C@H](n2ccc(=O)[nH]c2=O)O[C@@H]1CO[C@@H]1OC(CO)C(O)C(O)C1O. The van der Waals surface area contributed by atoms with Crippen molar-refractivity contribution in [2.45, 2.75) is 55.5 Å². The molecule has 8 atom stereocenters. The number of H-pyrrole nitrogens is 1. The number of aliphatic hydroxyl groups excluding tert-OH is 4. The second-order valence-corrected chi connectivity index (χ2v) is 6.69. The lowest BCUT2D eigenvalue weighted by Gasteiger charge is -2.39. The highest BCUT2D eigenvalue weighted by molar-refractivity contribution is 4.92. The Balaban J connectivity index is 1.69. The summed E-state index contributed by atoms with van der Waals surface area (Å²) in [6.45, 7) is -0.857. The van der Waals surface area contributed by atoms with E-state index in [2.05, 4.69) is 15.0 Å². The summed E-state index contributed by atoms with van der Waals surface area (Å²) in [5.41, 5.74) is 7.51. The van der Waals surface area contributed by atoms with E-state index in [4.69, 9.17) is 19.7 Å². The average Bonchev–Trinajstić information content (AvgIpc) is 3.08. The topological polar surface area (TPSA) is 212 Å². The maximum atomic E-state index is 11.9. The molecule has 5 N–H and O–H groups in total. The standard InChI is InChI=1S/C15H21N5O9/c16-19-18-6-3-10(20-2-1-9(22)17-15(20)26)28-8(6)5-27-14-13(25)12(24)11(23)7(4-21)29-14/h1-2,6-8,10-14,21,23-25H,3-5H2,(H,17,22,26)/t6-,7?,8+,10+,11?,12?,13?,14+/m0/s1. The summed E-state index contributed by atoms with van der Waals surface area (Å²) in [5, 5.41) is 42.4. The number of azide groups is 1. The van der Waals surface area contributed by atoms with Crippen LogP contribution in [-0.4, -0.2) is 86.0 Å². The molecule has 2 fully saturated rings. The molecule has 0 bridgehead atoms. The van der Waals surface area contributed by atoms with Crippen LogP contribution in [0.2, 0.25) is 0 Å². The Morgan fingerprint density at radius 3 is 2.66 bits per heavy atom. The molecule has 2 saturated heterocycles. The van der Waals surface area contributed by atoms with Gasteiger partial charge in [0.1, 0.15) is 30.6 Å². The summed E-state index contributed by atoms with van der Waals surface area (Å²) in [6.07, 6.45) is -7.52. The normalized spacial score (nSPS) is 37.2. The first kappa shape index (κ1) is 21.4. The van der Waals surface area contributed by atoms with Gasteiger partial charge in [-0.25, -0.2) is 4.79 Å². The molecule has 3 heterocycles. The number of aliphatic hydroxyl groups is 4. The molecule has 0 saturated carbocycles. The molecule has 0 aromatic carbocycles. The number of hydrogen-bond donors (Lipinski definition) is 5. The van der Waals surface area contributed by atoms with E-state index in [-0.39, 0.29) is 13.0 Å². The smallest absolute Gasteiger partial charge is 0.330 e. The zero-order valence-corrected chi connectivity index (χ0v) is 15.0. The minimum Gasteiger partial charge on any atom is -0.394 e. The van der Waals surface area contributed by atoms with Gasteiger partial charge in [0.25, 0.3) is 5.56 Å². The molecular weight excluding hydrogens is 394 g/mol. The number of nitrogens with one attached hydrogen (secondary N) is 1. The molecule has 14 nitrogen and oxygen atoms in total. The number of aromatic amines is 1. The van der Waals surface area contributed by atoms with Crippen LogP contribution in [0.5, 0.6) is 0 Å². The zero-order valence-electron chi connectivity index (χ0n) is 15.0. The highest BCUT2D eigenvalue weighted by atomic mass is 16.7. The molecule has 0 spiro atoms. The molecule has 2 aliphatic rings. The van der Waals surface area contributed by atoms with Gasteiger partial charge in [-0.1, -0.05) is 5.11 Å². The first-order valence-corrected chi connectivity index (χ1v) is 8.79. The molecule has 1 aromatic rings. The van der Waals surface area contributed by atoms with Crippen molar-refractivity contribution in [2.75, 3.05) is 13.2 Å². The van der Waals surface area contributed by atoms with Crippen LogP contribution in [0.4, 0.5) is 0 Å². The van der Waals surface area contributed by atoms with E-state index in [1.165, 1.54) is 6.20 Å². The Bertz CT molecular complexity index is 866. The van der Waals surface area contributed by atoms with Gasteiger partial charge in [0.15, 0.2) is 6.29 Å². The van der Waals surface area contributed by atoms with E-state index in [0.29, 0.717) is 0 Å². The van der Waals surface area contributed by atoms with Crippen molar-refractivity contribution in [2.24, 2.45) is 5.11 Å². The largest absolute Gasteiger partial charge is 0.394 e. The molecule has 0 aliphatic carbocycles. The third kappa shape index (κ3) is 4.49. The molecule has 29 heavy (non-hydrogen) atoms. The number of aromatic nitrogens is 2. The Hall–Kier alpha value is -2.29. The van der Waals surface area contributed by atoms with Crippen molar-refractivity contribution in [3.8, 4) is 0 Å². The Kier molecular flexibility index (Phi) is 6.66. The fraction of sp³-hybridized carbons (Fsp3) is 0.733. The monoisotopic (exact) mass is 415 g/mol. The summed E-state index contributed by atoms with van der Waals surface area (Å²) < 4.78 is 17.5. The third-order valence-electron chi connectivity index (χ3n) is 4.84. The van der Waals surface area contributed by atoms with Gasteiger partial charge >= 0.3 is 5.69 Å². The molecule has 2 aliphatic heterocycles.